The normalized spacial score (nSPS) is 22.9. The second-order valence-corrected chi connectivity index (χ2v) is 3.71. The van der Waals surface area contributed by atoms with Crippen LogP contribution >= 0.6 is 0 Å². The fourth-order valence-corrected chi connectivity index (χ4v) is 1.54. The summed E-state index contributed by atoms with van der Waals surface area (Å²) in [5.74, 6) is -1.57. The number of carbonyl (C=O) groups excluding carboxylic acids is 1. The average molecular weight is 280 g/mol. The Bertz CT molecular complexity index is 503. The number of furan rings is 1. The maximum atomic E-state index is 12.8. The zero-order chi connectivity index (χ0) is 14.2. The molecule has 1 amide bonds. The van der Waals surface area contributed by atoms with Crippen molar-refractivity contribution in [3.05, 3.63) is 35.9 Å². The molecule has 5 nitrogen and oxygen atoms in total. The topological polar surface area (TPSA) is 65.7 Å². The molecule has 1 aromatic rings. The molecule has 0 saturated carbocycles. The first-order valence-electron chi connectivity index (χ1n) is 5.02. The molecule has 0 radical (unpaired) electrons. The number of aliphatic hydroxyl groups is 1. The van der Waals surface area contributed by atoms with E-state index in [0.717, 1.165) is 12.3 Å². The van der Waals surface area contributed by atoms with E-state index in [-0.39, 0.29) is 16.8 Å². The van der Waals surface area contributed by atoms with Gasteiger partial charge in [-0.25, -0.2) is 22.6 Å². The Morgan fingerprint density at radius 3 is 2.58 bits per heavy atom. The van der Waals surface area contributed by atoms with Crippen molar-refractivity contribution in [2.24, 2.45) is 0 Å². The summed E-state index contributed by atoms with van der Waals surface area (Å²) in [7, 11) is 0. The van der Waals surface area contributed by atoms with Crippen molar-refractivity contribution in [3.8, 4) is 0 Å². The van der Waals surface area contributed by atoms with E-state index in [9.17, 15) is 27.5 Å². The molecule has 2 N–H and O–H groups in total. The minimum Gasteiger partial charge on any atom is -0.459 e. The van der Waals surface area contributed by atoms with E-state index in [1.54, 1.807) is 5.43 Å². The molecule has 0 saturated heterocycles. The molecule has 1 unspecified atom stereocenters. The molecular weight excluding hydrogens is 272 g/mol. The summed E-state index contributed by atoms with van der Waals surface area (Å²) >= 11 is 0. The third-order valence-electron chi connectivity index (χ3n) is 2.46. The number of allylic oxidation sites excluding steroid dienone is 1. The van der Waals surface area contributed by atoms with Crippen LogP contribution in [0.2, 0.25) is 0 Å². The molecule has 2 heterocycles. The molecule has 0 fully saturated rings. The third-order valence-corrected chi connectivity index (χ3v) is 2.46. The predicted molar refractivity (Wildman–Crippen MR) is 53.1 cm³/mol. The Balaban J connectivity index is 2.33. The van der Waals surface area contributed by atoms with Crippen LogP contribution < -0.4 is 5.43 Å². The van der Waals surface area contributed by atoms with Crippen LogP contribution in [0.4, 0.5) is 17.6 Å². The van der Waals surface area contributed by atoms with Gasteiger partial charge in [-0.05, 0) is 12.1 Å². The largest absolute Gasteiger partial charge is 0.459 e. The quantitative estimate of drug-likeness (QED) is 0.820. The van der Waals surface area contributed by atoms with Gasteiger partial charge in [-0.3, -0.25) is 10.2 Å². The number of amides is 1. The molecule has 9 heteroatoms. The van der Waals surface area contributed by atoms with Gasteiger partial charge in [-0.2, -0.15) is 0 Å². The first-order chi connectivity index (χ1) is 8.86. The minimum atomic E-state index is -3.48. The van der Waals surface area contributed by atoms with Crippen LogP contribution in [0.1, 0.15) is 10.6 Å². The van der Waals surface area contributed by atoms with E-state index in [4.69, 9.17) is 0 Å². The smallest absolute Gasteiger partial charge is 0.310 e. The van der Waals surface area contributed by atoms with Crippen molar-refractivity contribution in [2.45, 2.75) is 18.6 Å². The number of rotatable bonds is 3. The van der Waals surface area contributed by atoms with Gasteiger partial charge in [0.05, 0.1) is 12.0 Å². The zero-order valence-corrected chi connectivity index (χ0v) is 9.19. The Kier molecular flexibility index (Phi) is 3.23. The first-order valence-corrected chi connectivity index (χ1v) is 5.02. The monoisotopic (exact) mass is 280 g/mol. The lowest BCUT2D eigenvalue weighted by Crippen LogP contribution is -2.56. The number of hydrazine groups is 1. The molecule has 0 aromatic carbocycles. The Labute approximate surface area is 104 Å². The molecule has 1 aromatic heterocycles. The highest BCUT2D eigenvalue weighted by Crippen LogP contribution is 2.31. The summed E-state index contributed by atoms with van der Waals surface area (Å²) in [5, 5.41) is 9.67. The lowest BCUT2D eigenvalue weighted by atomic mass is 10.2. The molecule has 104 valence electrons. The molecule has 1 aliphatic heterocycles. The summed E-state index contributed by atoms with van der Waals surface area (Å²) < 4.78 is 55.3. The highest BCUT2D eigenvalue weighted by Gasteiger charge is 2.51. The summed E-state index contributed by atoms with van der Waals surface area (Å²) in [6.07, 6.45) is -5.30. The van der Waals surface area contributed by atoms with Crippen LogP contribution in [0.25, 0.3) is 0 Å². The van der Waals surface area contributed by atoms with Crippen LogP contribution in [-0.4, -0.2) is 34.6 Å². The highest BCUT2D eigenvalue weighted by atomic mass is 19.3. The summed E-state index contributed by atoms with van der Waals surface area (Å²) in [5.41, 5.74) is -2.39. The second kappa shape index (κ2) is 4.57. The lowest BCUT2D eigenvalue weighted by Gasteiger charge is -2.30. The maximum absolute atomic E-state index is 12.8. The van der Waals surface area contributed by atoms with Gasteiger partial charge >= 0.3 is 5.91 Å². The van der Waals surface area contributed by atoms with E-state index >= 15 is 0 Å². The Hall–Kier alpha value is -2.03. The van der Waals surface area contributed by atoms with Crippen LogP contribution in [0, 0.1) is 0 Å². The summed E-state index contributed by atoms with van der Waals surface area (Å²) in [4.78, 5) is 11.8. The molecule has 19 heavy (non-hydrogen) atoms. The Morgan fingerprint density at radius 1 is 1.42 bits per heavy atom. The van der Waals surface area contributed by atoms with Crippen LogP contribution in [0.15, 0.2) is 34.6 Å². The van der Waals surface area contributed by atoms with E-state index < -0.39 is 30.2 Å². The summed E-state index contributed by atoms with van der Waals surface area (Å²) in [6, 6.07) is 2.46. The van der Waals surface area contributed by atoms with Crippen LogP contribution in [-0.2, 0) is 0 Å². The fourth-order valence-electron chi connectivity index (χ4n) is 1.54. The summed E-state index contributed by atoms with van der Waals surface area (Å²) in [6.45, 7) is 0. The molecule has 0 bridgehead atoms. The van der Waals surface area contributed by atoms with Crippen LogP contribution in [0.5, 0.6) is 0 Å². The third kappa shape index (κ3) is 2.16. The highest BCUT2D eigenvalue weighted by molar-refractivity contribution is 5.92. The second-order valence-electron chi connectivity index (χ2n) is 3.71. The number of hydrogen-bond acceptors (Lipinski definition) is 4. The average Bonchev–Trinajstić information content (AvgIpc) is 2.95. The number of nitrogens with zero attached hydrogens (tertiary/aromatic N) is 1. The molecule has 0 aliphatic carbocycles. The Morgan fingerprint density at radius 2 is 2.11 bits per heavy atom. The molecule has 1 atom stereocenters. The van der Waals surface area contributed by atoms with Gasteiger partial charge in [0.15, 0.2) is 5.76 Å². The number of carbonyl (C=O) groups is 1. The standard InChI is InChI=1S/C10H8F4N2O3/c11-7(12)5-4-10(18,9(13)14)16(15-5)8(17)6-2-1-3-19-6/h1-4,7,9,15,18H. The van der Waals surface area contributed by atoms with E-state index in [2.05, 4.69) is 4.42 Å². The van der Waals surface area contributed by atoms with Gasteiger partial charge < -0.3 is 9.52 Å². The molecular formula is C10H8F4N2O3. The van der Waals surface area contributed by atoms with Crippen molar-refractivity contribution in [1.29, 1.82) is 0 Å². The first kappa shape index (κ1) is 13.4. The van der Waals surface area contributed by atoms with Gasteiger partial charge in [0.1, 0.15) is 0 Å². The number of alkyl halides is 4. The fraction of sp³-hybridized carbons (Fsp3) is 0.300. The molecule has 0 spiro atoms. The lowest BCUT2D eigenvalue weighted by molar-refractivity contribution is -0.147. The van der Waals surface area contributed by atoms with Gasteiger partial charge in [0, 0.05) is 6.08 Å². The molecule has 1 aliphatic rings. The van der Waals surface area contributed by atoms with Crippen molar-refractivity contribution in [3.63, 3.8) is 0 Å². The van der Waals surface area contributed by atoms with Crippen molar-refractivity contribution < 1.29 is 31.9 Å². The van der Waals surface area contributed by atoms with Gasteiger partial charge in [-0.1, -0.05) is 0 Å². The molecule has 2 rings (SSSR count). The van der Waals surface area contributed by atoms with Crippen molar-refractivity contribution in [2.75, 3.05) is 0 Å². The minimum absolute atomic E-state index is 0.0119. The van der Waals surface area contributed by atoms with Gasteiger partial charge in [0.25, 0.3) is 12.9 Å². The maximum Gasteiger partial charge on any atom is 0.310 e. The van der Waals surface area contributed by atoms with Crippen LogP contribution in [0.3, 0.4) is 0 Å². The van der Waals surface area contributed by atoms with E-state index in [1.807, 2.05) is 0 Å². The van der Waals surface area contributed by atoms with Crippen molar-refractivity contribution >= 4 is 5.91 Å². The van der Waals surface area contributed by atoms with E-state index in [1.165, 1.54) is 6.07 Å². The van der Waals surface area contributed by atoms with Gasteiger partial charge in [-0.15, -0.1) is 0 Å². The van der Waals surface area contributed by atoms with Gasteiger partial charge in [0.2, 0.25) is 5.72 Å². The predicted octanol–water partition coefficient (Wildman–Crippen LogP) is 1.34. The van der Waals surface area contributed by atoms with Crippen molar-refractivity contribution in [1.82, 2.24) is 10.4 Å². The number of halogens is 4. The zero-order valence-electron chi connectivity index (χ0n) is 9.19. The number of hydrogen-bond donors (Lipinski definition) is 2. The van der Waals surface area contributed by atoms with E-state index in [0.29, 0.717) is 0 Å². The number of nitrogens with one attached hydrogen (secondary N) is 1. The SMILES string of the molecule is O=C(c1ccco1)N1NC(C(F)F)=CC1(O)C(F)F.